The average molecular weight is 474 g/mol. The van der Waals surface area contributed by atoms with Gasteiger partial charge in [0.2, 0.25) is 0 Å². The minimum Gasteiger partial charge on any atom is -0.507 e. The van der Waals surface area contributed by atoms with Gasteiger partial charge in [0.05, 0.1) is 18.7 Å². The molecule has 2 aromatic carbocycles. The number of carbonyl (C=O) groups excluding carboxylic acids is 2. The Balaban J connectivity index is 2.12. The molecule has 0 saturated carbocycles. The number of likely N-dealkylation sites (tertiary alicyclic amines) is 1. The number of methoxy groups -OCH3 is 2. The van der Waals surface area contributed by atoms with E-state index in [2.05, 4.69) is 15.9 Å². The van der Waals surface area contributed by atoms with Crippen LogP contribution in [0.5, 0.6) is 5.75 Å². The Kier molecular flexibility index (Phi) is 6.95. The Morgan fingerprint density at radius 2 is 1.83 bits per heavy atom. The highest BCUT2D eigenvalue weighted by atomic mass is 79.9. The number of aliphatic hydroxyl groups is 1. The topological polar surface area (TPSA) is 76.1 Å². The molecule has 1 amide bonds. The van der Waals surface area contributed by atoms with Gasteiger partial charge in [-0.1, -0.05) is 28.1 Å². The SMILES string of the molecule is COCCCN1C(=O)C(=O)C(=C(O)c2ccc(OC)c(C)c2)C1c1ccc(Br)cc1. The van der Waals surface area contributed by atoms with Crippen molar-refractivity contribution in [3.8, 4) is 5.75 Å². The van der Waals surface area contributed by atoms with Crippen molar-refractivity contribution >= 4 is 33.4 Å². The zero-order chi connectivity index (χ0) is 21.8. The van der Waals surface area contributed by atoms with Crippen LogP contribution < -0.4 is 4.74 Å². The molecule has 0 aliphatic carbocycles. The first-order valence-corrected chi connectivity index (χ1v) is 10.4. The summed E-state index contributed by atoms with van der Waals surface area (Å²) in [4.78, 5) is 27.3. The lowest BCUT2D eigenvalue weighted by molar-refractivity contribution is -0.140. The first-order chi connectivity index (χ1) is 14.4. The largest absolute Gasteiger partial charge is 0.507 e. The Hall–Kier alpha value is -2.64. The predicted molar refractivity (Wildman–Crippen MR) is 117 cm³/mol. The fourth-order valence-corrected chi connectivity index (χ4v) is 3.93. The standard InChI is InChI=1S/C23H24BrNO5/c1-14-13-16(7-10-18(14)30-3)21(26)19-20(15-5-8-17(24)9-6-15)25(11-4-12-29-2)23(28)22(19)27/h5-10,13,20,26H,4,11-12H2,1-3H3. The van der Waals surface area contributed by atoms with Crippen molar-refractivity contribution in [1.29, 1.82) is 0 Å². The highest BCUT2D eigenvalue weighted by Crippen LogP contribution is 2.40. The van der Waals surface area contributed by atoms with Crippen LogP contribution in [0.15, 0.2) is 52.5 Å². The van der Waals surface area contributed by atoms with Gasteiger partial charge in [0.15, 0.2) is 0 Å². The van der Waals surface area contributed by atoms with Gasteiger partial charge in [-0.05, 0) is 54.8 Å². The van der Waals surface area contributed by atoms with Gasteiger partial charge in [0.1, 0.15) is 11.5 Å². The van der Waals surface area contributed by atoms with Gasteiger partial charge in [0.25, 0.3) is 11.7 Å². The van der Waals surface area contributed by atoms with Crippen molar-refractivity contribution in [2.24, 2.45) is 0 Å². The molecule has 1 aliphatic rings. The number of ether oxygens (including phenoxy) is 2. The maximum atomic E-state index is 12.9. The first-order valence-electron chi connectivity index (χ1n) is 9.56. The average Bonchev–Trinajstić information content (AvgIpc) is 2.99. The number of amides is 1. The lowest BCUT2D eigenvalue weighted by Gasteiger charge is -2.25. The third-order valence-corrected chi connectivity index (χ3v) is 5.67. The van der Waals surface area contributed by atoms with E-state index in [1.165, 1.54) is 4.90 Å². The van der Waals surface area contributed by atoms with Crippen molar-refractivity contribution in [2.75, 3.05) is 27.4 Å². The van der Waals surface area contributed by atoms with Gasteiger partial charge in [-0.15, -0.1) is 0 Å². The van der Waals surface area contributed by atoms with E-state index in [0.717, 1.165) is 15.6 Å². The quantitative estimate of drug-likeness (QED) is 0.282. The van der Waals surface area contributed by atoms with Crippen LogP contribution in [-0.4, -0.2) is 49.1 Å². The van der Waals surface area contributed by atoms with E-state index < -0.39 is 17.7 Å². The zero-order valence-electron chi connectivity index (χ0n) is 17.1. The molecule has 0 radical (unpaired) electrons. The number of benzene rings is 2. The maximum Gasteiger partial charge on any atom is 0.295 e. The summed E-state index contributed by atoms with van der Waals surface area (Å²) in [6.45, 7) is 2.66. The molecule has 1 heterocycles. The number of aryl methyl sites for hydroxylation is 1. The Labute approximate surface area is 184 Å². The number of Topliss-reactive ketones (excluding diaryl/α,β-unsaturated/α-hetero) is 1. The smallest absolute Gasteiger partial charge is 0.295 e. The zero-order valence-corrected chi connectivity index (χ0v) is 18.7. The molecule has 0 aromatic heterocycles. The molecule has 6 nitrogen and oxygen atoms in total. The molecular formula is C23H24BrNO5. The highest BCUT2D eigenvalue weighted by Gasteiger charge is 2.45. The monoisotopic (exact) mass is 473 g/mol. The number of carbonyl (C=O) groups is 2. The summed E-state index contributed by atoms with van der Waals surface area (Å²) < 4.78 is 11.3. The molecule has 1 aliphatic heterocycles. The Morgan fingerprint density at radius 1 is 1.13 bits per heavy atom. The third-order valence-electron chi connectivity index (χ3n) is 5.14. The van der Waals surface area contributed by atoms with Crippen LogP contribution in [0.2, 0.25) is 0 Å². The summed E-state index contributed by atoms with van der Waals surface area (Å²) in [5, 5.41) is 11.1. The van der Waals surface area contributed by atoms with Crippen LogP contribution >= 0.6 is 15.9 Å². The molecule has 158 valence electrons. The van der Waals surface area contributed by atoms with Crippen LogP contribution in [0, 0.1) is 6.92 Å². The van der Waals surface area contributed by atoms with Gasteiger partial charge < -0.3 is 19.5 Å². The molecule has 1 unspecified atom stereocenters. The van der Waals surface area contributed by atoms with Crippen molar-refractivity contribution in [3.63, 3.8) is 0 Å². The first kappa shape index (κ1) is 22.1. The fraction of sp³-hybridized carbons (Fsp3) is 0.304. The number of ketones is 1. The minimum absolute atomic E-state index is 0.0873. The van der Waals surface area contributed by atoms with E-state index in [1.807, 2.05) is 31.2 Å². The van der Waals surface area contributed by atoms with E-state index >= 15 is 0 Å². The van der Waals surface area contributed by atoms with Crippen molar-refractivity contribution < 1.29 is 24.2 Å². The van der Waals surface area contributed by atoms with Gasteiger partial charge in [-0.2, -0.15) is 0 Å². The molecule has 1 atom stereocenters. The van der Waals surface area contributed by atoms with E-state index in [4.69, 9.17) is 9.47 Å². The second kappa shape index (κ2) is 9.45. The van der Waals surface area contributed by atoms with E-state index in [1.54, 1.807) is 32.4 Å². The molecule has 1 N–H and O–H groups in total. The molecule has 1 fully saturated rings. The van der Waals surface area contributed by atoms with Gasteiger partial charge in [-0.3, -0.25) is 9.59 Å². The number of hydrogen-bond acceptors (Lipinski definition) is 5. The van der Waals surface area contributed by atoms with Crippen molar-refractivity contribution in [3.05, 3.63) is 69.2 Å². The molecule has 2 aromatic rings. The number of aliphatic hydroxyl groups excluding tert-OH is 1. The molecule has 1 saturated heterocycles. The van der Waals surface area contributed by atoms with Gasteiger partial charge in [0, 0.05) is 30.3 Å². The second-order valence-corrected chi connectivity index (χ2v) is 7.99. The number of halogens is 1. The fourth-order valence-electron chi connectivity index (χ4n) is 3.66. The van der Waals surface area contributed by atoms with Crippen LogP contribution in [-0.2, 0) is 14.3 Å². The third kappa shape index (κ3) is 4.27. The summed E-state index contributed by atoms with van der Waals surface area (Å²) in [6.07, 6.45) is 0.582. The molecule has 3 rings (SSSR count). The van der Waals surface area contributed by atoms with Crippen molar-refractivity contribution in [1.82, 2.24) is 4.90 Å². The molecule has 0 bridgehead atoms. The highest BCUT2D eigenvalue weighted by molar-refractivity contribution is 9.10. The Morgan fingerprint density at radius 3 is 2.43 bits per heavy atom. The maximum absolute atomic E-state index is 12.9. The summed E-state index contributed by atoms with van der Waals surface area (Å²) in [6, 6.07) is 11.9. The van der Waals surface area contributed by atoms with E-state index in [9.17, 15) is 14.7 Å². The van der Waals surface area contributed by atoms with Crippen LogP contribution in [0.4, 0.5) is 0 Å². The summed E-state index contributed by atoms with van der Waals surface area (Å²) in [5.41, 5.74) is 2.12. The predicted octanol–water partition coefficient (Wildman–Crippen LogP) is 4.22. The molecular weight excluding hydrogens is 450 g/mol. The van der Waals surface area contributed by atoms with Crippen LogP contribution in [0.3, 0.4) is 0 Å². The lowest BCUT2D eigenvalue weighted by atomic mass is 9.95. The van der Waals surface area contributed by atoms with Crippen LogP contribution in [0.25, 0.3) is 5.76 Å². The summed E-state index contributed by atoms with van der Waals surface area (Å²) >= 11 is 3.41. The number of hydrogen-bond donors (Lipinski definition) is 1. The Bertz CT molecular complexity index is 984. The summed E-state index contributed by atoms with van der Waals surface area (Å²) in [5.74, 6) is -0.825. The normalized spacial score (nSPS) is 18.1. The number of rotatable bonds is 7. The van der Waals surface area contributed by atoms with Crippen LogP contribution in [0.1, 0.15) is 29.2 Å². The molecule has 0 spiro atoms. The van der Waals surface area contributed by atoms with Gasteiger partial charge >= 0.3 is 0 Å². The lowest BCUT2D eigenvalue weighted by Crippen LogP contribution is -2.31. The minimum atomic E-state index is -0.689. The summed E-state index contributed by atoms with van der Waals surface area (Å²) in [7, 11) is 3.16. The molecule has 30 heavy (non-hydrogen) atoms. The second-order valence-electron chi connectivity index (χ2n) is 7.07. The van der Waals surface area contributed by atoms with Gasteiger partial charge in [-0.25, -0.2) is 0 Å². The molecule has 7 heteroatoms. The van der Waals surface area contributed by atoms with E-state index in [0.29, 0.717) is 30.9 Å². The number of nitrogens with zero attached hydrogens (tertiary/aromatic N) is 1. The van der Waals surface area contributed by atoms with Crippen molar-refractivity contribution in [2.45, 2.75) is 19.4 Å². The van der Waals surface area contributed by atoms with E-state index in [-0.39, 0.29) is 11.3 Å².